The fourth-order valence-electron chi connectivity index (χ4n) is 1.73. The van der Waals surface area contributed by atoms with Gasteiger partial charge in [0, 0.05) is 15.7 Å². The Morgan fingerprint density at radius 2 is 1.95 bits per heavy atom. The lowest BCUT2D eigenvalue weighted by Gasteiger charge is -2.12. The van der Waals surface area contributed by atoms with Gasteiger partial charge in [0.15, 0.2) is 12.4 Å². The maximum atomic E-state index is 12.0. The van der Waals surface area contributed by atoms with E-state index in [1.807, 2.05) is 6.92 Å². The number of amides is 1. The van der Waals surface area contributed by atoms with E-state index < -0.39 is 0 Å². The SMILES string of the molecule is Cc1c(Cl)cccc1NC(=O)COc1c(Cl)cc(Cl)cc1Br. The maximum absolute atomic E-state index is 12.0. The highest BCUT2D eigenvalue weighted by molar-refractivity contribution is 9.10. The van der Waals surface area contributed by atoms with Crippen LogP contribution in [0.3, 0.4) is 0 Å². The summed E-state index contributed by atoms with van der Waals surface area (Å²) in [5.41, 5.74) is 1.44. The second kappa shape index (κ2) is 7.55. The Morgan fingerprint density at radius 3 is 2.64 bits per heavy atom. The molecule has 7 heteroatoms. The van der Waals surface area contributed by atoms with Crippen LogP contribution in [0, 0.1) is 6.92 Å². The largest absolute Gasteiger partial charge is 0.481 e. The van der Waals surface area contributed by atoms with Crippen molar-refractivity contribution in [1.29, 1.82) is 0 Å². The maximum Gasteiger partial charge on any atom is 0.262 e. The van der Waals surface area contributed by atoms with Crippen molar-refractivity contribution >= 4 is 62.3 Å². The molecule has 0 radical (unpaired) electrons. The molecule has 0 atom stereocenters. The van der Waals surface area contributed by atoms with E-state index in [-0.39, 0.29) is 12.5 Å². The lowest BCUT2D eigenvalue weighted by molar-refractivity contribution is -0.118. The average molecular weight is 424 g/mol. The lowest BCUT2D eigenvalue weighted by Crippen LogP contribution is -2.20. The van der Waals surface area contributed by atoms with Crippen molar-refractivity contribution in [2.24, 2.45) is 0 Å². The van der Waals surface area contributed by atoms with Gasteiger partial charge in [-0.3, -0.25) is 4.79 Å². The van der Waals surface area contributed by atoms with Crippen molar-refractivity contribution in [3.05, 3.63) is 55.4 Å². The molecular weight excluding hydrogens is 412 g/mol. The minimum atomic E-state index is -0.316. The van der Waals surface area contributed by atoms with Crippen LogP contribution >= 0.6 is 50.7 Å². The molecule has 0 saturated heterocycles. The number of hydrogen-bond donors (Lipinski definition) is 1. The Morgan fingerprint density at radius 1 is 1.23 bits per heavy atom. The second-order valence-electron chi connectivity index (χ2n) is 4.45. The first-order valence-electron chi connectivity index (χ1n) is 6.21. The summed E-state index contributed by atoms with van der Waals surface area (Å²) in [6.45, 7) is 1.64. The first-order chi connectivity index (χ1) is 10.4. The zero-order valence-corrected chi connectivity index (χ0v) is 15.3. The quantitative estimate of drug-likeness (QED) is 0.681. The molecule has 1 N–H and O–H groups in total. The van der Waals surface area contributed by atoms with Gasteiger partial charge in [0.1, 0.15) is 0 Å². The number of carbonyl (C=O) groups excluding carboxylic acids is 1. The highest BCUT2D eigenvalue weighted by Gasteiger charge is 2.12. The smallest absolute Gasteiger partial charge is 0.262 e. The number of nitrogens with one attached hydrogen (secondary N) is 1. The van der Waals surface area contributed by atoms with E-state index in [0.717, 1.165) is 5.56 Å². The van der Waals surface area contributed by atoms with E-state index >= 15 is 0 Å². The molecule has 3 nitrogen and oxygen atoms in total. The van der Waals surface area contributed by atoms with Gasteiger partial charge in [-0.15, -0.1) is 0 Å². The predicted molar refractivity (Wildman–Crippen MR) is 94.5 cm³/mol. The topological polar surface area (TPSA) is 38.3 Å². The van der Waals surface area contributed by atoms with E-state index in [4.69, 9.17) is 39.5 Å². The molecule has 0 heterocycles. The van der Waals surface area contributed by atoms with Crippen LogP contribution in [0.4, 0.5) is 5.69 Å². The van der Waals surface area contributed by atoms with Gasteiger partial charge in [-0.1, -0.05) is 40.9 Å². The van der Waals surface area contributed by atoms with Crippen molar-refractivity contribution in [1.82, 2.24) is 0 Å². The van der Waals surface area contributed by atoms with Crippen LogP contribution in [0.5, 0.6) is 5.75 Å². The molecule has 0 bridgehead atoms. The summed E-state index contributed by atoms with van der Waals surface area (Å²) in [6, 6.07) is 8.47. The van der Waals surface area contributed by atoms with Gasteiger partial charge in [0.05, 0.1) is 9.50 Å². The number of carbonyl (C=O) groups is 1. The number of anilines is 1. The molecule has 2 rings (SSSR count). The van der Waals surface area contributed by atoms with Crippen LogP contribution in [0.2, 0.25) is 15.1 Å². The Labute approximate surface area is 151 Å². The molecule has 1 amide bonds. The summed E-state index contributed by atoms with van der Waals surface area (Å²) in [6.07, 6.45) is 0. The van der Waals surface area contributed by atoms with Crippen LogP contribution in [-0.2, 0) is 4.79 Å². The second-order valence-corrected chi connectivity index (χ2v) is 6.55. The summed E-state index contributed by atoms with van der Waals surface area (Å²) in [5.74, 6) is 0.0484. The highest BCUT2D eigenvalue weighted by Crippen LogP contribution is 2.36. The zero-order chi connectivity index (χ0) is 16.3. The molecule has 0 fully saturated rings. The van der Waals surface area contributed by atoms with E-state index in [9.17, 15) is 4.79 Å². The van der Waals surface area contributed by atoms with Crippen LogP contribution in [-0.4, -0.2) is 12.5 Å². The van der Waals surface area contributed by atoms with Gasteiger partial charge in [-0.05, 0) is 52.7 Å². The zero-order valence-electron chi connectivity index (χ0n) is 11.4. The van der Waals surface area contributed by atoms with Crippen molar-refractivity contribution < 1.29 is 9.53 Å². The van der Waals surface area contributed by atoms with Gasteiger partial charge in [-0.25, -0.2) is 0 Å². The molecule has 0 saturated carbocycles. The van der Waals surface area contributed by atoms with Crippen molar-refractivity contribution in [3.8, 4) is 5.75 Å². The standard InChI is InChI=1S/C15H11BrCl3NO2/c1-8-11(18)3-2-4-13(8)20-14(21)7-22-15-10(16)5-9(17)6-12(15)19/h2-6H,7H2,1H3,(H,20,21). The van der Waals surface area contributed by atoms with Gasteiger partial charge in [-0.2, -0.15) is 0 Å². The number of rotatable bonds is 4. The minimum Gasteiger partial charge on any atom is -0.481 e. The number of benzene rings is 2. The first kappa shape index (κ1) is 17.4. The number of hydrogen-bond acceptors (Lipinski definition) is 2. The van der Waals surface area contributed by atoms with Gasteiger partial charge >= 0.3 is 0 Å². The molecule has 22 heavy (non-hydrogen) atoms. The van der Waals surface area contributed by atoms with Gasteiger partial charge in [0.25, 0.3) is 5.91 Å². The van der Waals surface area contributed by atoms with Crippen LogP contribution in [0.1, 0.15) is 5.56 Å². The van der Waals surface area contributed by atoms with Gasteiger partial charge in [0.2, 0.25) is 0 Å². The fraction of sp³-hybridized carbons (Fsp3) is 0.133. The number of ether oxygens (including phenoxy) is 1. The van der Waals surface area contributed by atoms with Gasteiger partial charge < -0.3 is 10.1 Å². The molecule has 0 aliphatic carbocycles. The van der Waals surface area contributed by atoms with E-state index in [2.05, 4.69) is 21.2 Å². The molecule has 0 spiro atoms. The van der Waals surface area contributed by atoms with Crippen LogP contribution < -0.4 is 10.1 Å². The van der Waals surface area contributed by atoms with E-state index in [1.54, 1.807) is 30.3 Å². The summed E-state index contributed by atoms with van der Waals surface area (Å²) in [5, 5.41) is 4.12. The highest BCUT2D eigenvalue weighted by atomic mass is 79.9. The Kier molecular flexibility index (Phi) is 5.98. The van der Waals surface area contributed by atoms with Crippen molar-refractivity contribution in [2.45, 2.75) is 6.92 Å². The molecular formula is C15H11BrCl3NO2. The summed E-state index contributed by atoms with van der Waals surface area (Å²) in [7, 11) is 0. The van der Waals surface area contributed by atoms with Crippen LogP contribution in [0.15, 0.2) is 34.8 Å². The summed E-state index contributed by atoms with van der Waals surface area (Å²) in [4.78, 5) is 12.0. The predicted octanol–water partition coefficient (Wildman–Crippen LogP) is 5.74. The Hall–Kier alpha value is -0.940. The minimum absolute atomic E-state index is 0.189. The summed E-state index contributed by atoms with van der Waals surface area (Å²) < 4.78 is 6.02. The van der Waals surface area contributed by atoms with Crippen molar-refractivity contribution in [2.75, 3.05) is 11.9 Å². The third kappa shape index (κ3) is 4.29. The summed E-state index contributed by atoms with van der Waals surface area (Å²) >= 11 is 21.2. The lowest BCUT2D eigenvalue weighted by atomic mass is 10.2. The van der Waals surface area contributed by atoms with Crippen molar-refractivity contribution in [3.63, 3.8) is 0 Å². The monoisotopic (exact) mass is 421 g/mol. The molecule has 2 aromatic carbocycles. The first-order valence-corrected chi connectivity index (χ1v) is 8.13. The Bertz CT molecular complexity index is 699. The average Bonchev–Trinajstić information content (AvgIpc) is 2.42. The number of halogens is 4. The molecule has 0 aromatic heterocycles. The molecule has 2 aromatic rings. The third-order valence-corrected chi connectivity index (χ3v) is 4.35. The third-order valence-electron chi connectivity index (χ3n) is 2.85. The fourth-order valence-corrected chi connectivity index (χ4v) is 3.28. The van der Waals surface area contributed by atoms with E-state index in [1.165, 1.54) is 0 Å². The molecule has 116 valence electrons. The van der Waals surface area contributed by atoms with E-state index in [0.29, 0.717) is 31.0 Å². The molecule has 0 unspecified atom stereocenters. The molecule has 0 aliphatic heterocycles. The van der Waals surface area contributed by atoms with Crippen LogP contribution in [0.25, 0.3) is 0 Å². The Balaban J connectivity index is 2.03. The normalized spacial score (nSPS) is 10.4. The molecule has 0 aliphatic rings.